The van der Waals surface area contributed by atoms with E-state index in [1.54, 1.807) is 0 Å². The lowest BCUT2D eigenvalue weighted by Gasteiger charge is -2.36. The third kappa shape index (κ3) is 5.18. The maximum atomic E-state index is 2.35. The lowest BCUT2D eigenvalue weighted by atomic mass is 9.69. The molecule has 0 radical (unpaired) electrons. The Morgan fingerprint density at radius 3 is 1.45 bits per heavy atom. The molecule has 22 heavy (non-hydrogen) atoms. The lowest BCUT2D eigenvalue weighted by molar-refractivity contribution is 0.223. The molecule has 0 bridgehead atoms. The second-order valence-corrected chi connectivity index (χ2v) is 7.67. The van der Waals surface area contributed by atoms with E-state index in [1.807, 2.05) is 12.1 Å². The van der Waals surface area contributed by atoms with Crippen LogP contribution in [0.15, 0.2) is 72.8 Å². The van der Waals surface area contributed by atoms with Crippen molar-refractivity contribution in [3.05, 3.63) is 72.8 Å². The molecule has 0 aromatic heterocycles. The van der Waals surface area contributed by atoms with Crippen LogP contribution in [0.25, 0.3) is 11.1 Å². The van der Waals surface area contributed by atoms with E-state index < -0.39 is 0 Å². The van der Waals surface area contributed by atoms with Crippen molar-refractivity contribution in [3.63, 3.8) is 0 Å². The monoisotopic (exact) mass is 292 g/mol. The van der Waals surface area contributed by atoms with Crippen molar-refractivity contribution in [2.45, 2.75) is 40.5 Å². The summed E-state index contributed by atoms with van der Waals surface area (Å²) in [6.45, 7) is 9.31. The molecule has 0 spiro atoms. The summed E-state index contributed by atoms with van der Waals surface area (Å²) in [5, 5.41) is 0. The van der Waals surface area contributed by atoms with E-state index in [4.69, 9.17) is 0 Å². The van der Waals surface area contributed by atoms with Gasteiger partial charge in [-0.05, 0) is 34.8 Å². The van der Waals surface area contributed by atoms with E-state index in [0.717, 1.165) is 0 Å². The van der Waals surface area contributed by atoms with Crippen LogP contribution in [0.3, 0.4) is 0 Å². The molecule has 0 unspecified atom stereocenters. The highest BCUT2D eigenvalue weighted by Crippen LogP contribution is 2.41. The number of hydrogen-bond acceptors (Lipinski definition) is 0. The summed E-state index contributed by atoms with van der Waals surface area (Å²) >= 11 is 0. The summed E-state index contributed by atoms with van der Waals surface area (Å²) in [5.74, 6) is 0. The van der Waals surface area contributed by atoms with Crippen LogP contribution < -0.4 is 0 Å². The molecule has 2 aromatic rings. The molecular formula is C22H28. The fourth-order valence-electron chi connectivity index (χ4n) is 3.32. The van der Waals surface area contributed by atoms with Gasteiger partial charge in [-0.15, -0.1) is 0 Å². The van der Waals surface area contributed by atoms with E-state index in [1.165, 1.54) is 24.0 Å². The summed E-state index contributed by atoms with van der Waals surface area (Å²) in [4.78, 5) is 0. The van der Waals surface area contributed by atoms with Crippen molar-refractivity contribution in [1.29, 1.82) is 0 Å². The quantitative estimate of drug-likeness (QED) is 0.510. The molecule has 0 nitrogen and oxygen atoms in total. The minimum Gasteiger partial charge on any atom is -0.0875 e. The van der Waals surface area contributed by atoms with Crippen molar-refractivity contribution in [2.24, 2.45) is 10.8 Å². The summed E-state index contributed by atoms with van der Waals surface area (Å²) in [6.07, 6.45) is 7.23. The minimum absolute atomic E-state index is 0.432. The van der Waals surface area contributed by atoms with Gasteiger partial charge in [-0.2, -0.15) is 0 Å². The maximum Gasteiger partial charge on any atom is -0.0170 e. The molecule has 0 heteroatoms. The lowest BCUT2D eigenvalue weighted by Crippen LogP contribution is -2.24. The predicted octanol–water partition coefficient (Wildman–Crippen LogP) is 6.74. The Labute approximate surface area is 135 Å². The van der Waals surface area contributed by atoms with Crippen LogP contribution in [0.5, 0.6) is 0 Å². The van der Waals surface area contributed by atoms with Crippen molar-refractivity contribution in [2.75, 3.05) is 0 Å². The van der Waals surface area contributed by atoms with Gasteiger partial charge in [0, 0.05) is 0 Å². The minimum atomic E-state index is 0.432. The van der Waals surface area contributed by atoms with Crippen molar-refractivity contribution in [1.82, 2.24) is 0 Å². The summed E-state index contributed by atoms with van der Waals surface area (Å²) in [5.41, 5.74) is 3.51. The predicted molar refractivity (Wildman–Crippen MR) is 97.8 cm³/mol. The maximum absolute atomic E-state index is 2.35. The number of benzene rings is 2. The average Bonchev–Trinajstić information content (AvgIpc) is 2.47. The van der Waals surface area contributed by atoms with Crippen LogP contribution in [0.1, 0.15) is 40.5 Å². The molecule has 0 saturated heterocycles. The zero-order valence-electron chi connectivity index (χ0n) is 14.3. The molecule has 0 fully saturated rings. The van der Waals surface area contributed by atoms with E-state index in [9.17, 15) is 0 Å². The first-order valence-corrected chi connectivity index (χ1v) is 8.16. The molecule has 0 N–H and O–H groups in total. The van der Waals surface area contributed by atoms with Gasteiger partial charge in [-0.25, -0.2) is 0 Å². The standard InChI is InChI=1S/C12H10.C10H18/c1-3-7-11(8-4-1)12-9-5-2-6-10-12;1-9(2)6-5-7-10(3,4)8-9/h1-10H;5-6H,7-8H2,1-4H3. The second-order valence-electron chi connectivity index (χ2n) is 7.67. The summed E-state index contributed by atoms with van der Waals surface area (Å²) in [7, 11) is 0. The molecule has 116 valence electrons. The molecule has 1 aliphatic rings. The molecule has 0 amide bonds. The Bertz CT molecular complexity index is 551. The molecular weight excluding hydrogens is 264 g/mol. The van der Waals surface area contributed by atoms with Crippen LogP contribution >= 0.6 is 0 Å². The van der Waals surface area contributed by atoms with Crippen LogP contribution in [0, 0.1) is 10.8 Å². The van der Waals surface area contributed by atoms with E-state index >= 15 is 0 Å². The SMILES string of the molecule is CC1(C)C=CCC(C)(C)C1.c1ccc(-c2ccccc2)cc1. The molecule has 0 saturated carbocycles. The first-order chi connectivity index (χ1) is 10.4. The van der Waals surface area contributed by atoms with Crippen LogP contribution in [0.2, 0.25) is 0 Å². The first-order valence-electron chi connectivity index (χ1n) is 8.16. The Morgan fingerprint density at radius 2 is 1.14 bits per heavy atom. The van der Waals surface area contributed by atoms with Gasteiger partial charge in [0.05, 0.1) is 0 Å². The molecule has 0 heterocycles. The Morgan fingerprint density at radius 1 is 0.682 bits per heavy atom. The van der Waals surface area contributed by atoms with Crippen molar-refractivity contribution < 1.29 is 0 Å². The fourth-order valence-corrected chi connectivity index (χ4v) is 3.32. The summed E-state index contributed by atoms with van der Waals surface area (Å²) in [6, 6.07) is 20.8. The van der Waals surface area contributed by atoms with Gasteiger partial charge in [-0.3, -0.25) is 0 Å². The fraction of sp³-hybridized carbons (Fsp3) is 0.364. The summed E-state index contributed by atoms with van der Waals surface area (Å²) < 4.78 is 0. The Kier molecular flexibility index (Phi) is 5.24. The Hall–Kier alpha value is -1.82. The van der Waals surface area contributed by atoms with Crippen molar-refractivity contribution >= 4 is 0 Å². The second kappa shape index (κ2) is 6.96. The number of rotatable bonds is 1. The van der Waals surface area contributed by atoms with Gasteiger partial charge in [0.1, 0.15) is 0 Å². The highest BCUT2D eigenvalue weighted by Gasteiger charge is 2.28. The van der Waals surface area contributed by atoms with Crippen molar-refractivity contribution in [3.8, 4) is 11.1 Å². The zero-order valence-corrected chi connectivity index (χ0v) is 14.3. The third-order valence-corrected chi connectivity index (χ3v) is 4.05. The van der Waals surface area contributed by atoms with E-state index in [-0.39, 0.29) is 0 Å². The largest absolute Gasteiger partial charge is 0.0875 e. The highest BCUT2D eigenvalue weighted by molar-refractivity contribution is 5.62. The van der Waals surface area contributed by atoms with Crippen LogP contribution in [-0.4, -0.2) is 0 Å². The van der Waals surface area contributed by atoms with Gasteiger partial charge in [0.25, 0.3) is 0 Å². The van der Waals surface area contributed by atoms with Crippen LogP contribution in [-0.2, 0) is 0 Å². The third-order valence-electron chi connectivity index (χ3n) is 4.05. The zero-order chi connectivity index (χ0) is 16.1. The molecule has 0 aliphatic heterocycles. The van der Waals surface area contributed by atoms with Gasteiger partial charge in [0.15, 0.2) is 0 Å². The van der Waals surface area contributed by atoms with E-state index in [0.29, 0.717) is 10.8 Å². The molecule has 2 aromatic carbocycles. The normalized spacial score (nSPS) is 18.2. The van der Waals surface area contributed by atoms with Crippen LogP contribution in [0.4, 0.5) is 0 Å². The smallest absolute Gasteiger partial charge is 0.0170 e. The molecule has 3 rings (SSSR count). The highest BCUT2D eigenvalue weighted by atomic mass is 14.3. The number of allylic oxidation sites excluding steroid dienone is 2. The molecule has 1 aliphatic carbocycles. The van der Waals surface area contributed by atoms with Gasteiger partial charge >= 0.3 is 0 Å². The van der Waals surface area contributed by atoms with Gasteiger partial charge in [-0.1, -0.05) is 101 Å². The van der Waals surface area contributed by atoms with Gasteiger partial charge < -0.3 is 0 Å². The Balaban J connectivity index is 0.000000164. The molecule has 0 atom stereocenters. The first kappa shape index (κ1) is 16.5. The van der Waals surface area contributed by atoms with E-state index in [2.05, 4.69) is 88.4 Å². The number of hydrogen-bond donors (Lipinski definition) is 0. The average molecular weight is 292 g/mol. The van der Waals surface area contributed by atoms with Gasteiger partial charge in [0.2, 0.25) is 0 Å². The topological polar surface area (TPSA) is 0 Å².